The van der Waals surface area contributed by atoms with Crippen molar-refractivity contribution in [3.8, 4) is 22.4 Å². The Morgan fingerprint density at radius 2 is 1.39 bits per heavy atom. The molecular formula is C36H22N5+. The quantitative estimate of drug-likeness (QED) is 0.222. The molecule has 6 aromatic rings. The Hall–Kier alpha value is -5.77. The zero-order chi connectivity index (χ0) is 26.9. The average Bonchev–Trinajstić information content (AvgIpc) is 3.62. The summed E-state index contributed by atoms with van der Waals surface area (Å²) in [5, 5.41) is 3.46. The van der Waals surface area contributed by atoms with Crippen LogP contribution in [0.3, 0.4) is 0 Å². The van der Waals surface area contributed by atoms with Gasteiger partial charge in [0.05, 0.1) is 22.6 Å². The van der Waals surface area contributed by atoms with Crippen molar-refractivity contribution < 1.29 is 0 Å². The fraction of sp³-hybridized carbons (Fsp3) is 0. The van der Waals surface area contributed by atoms with Crippen molar-refractivity contribution in [3.63, 3.8) is 0 Å². The van der Waals surface area contributed by atoms with E-state index in [0.29, 0.717) is 0 Å². The van der Waals surface area contributed by atoms with Crippen molar-refractivity contribution in [3.05, 3.63) is 128 Å². The smallest absolute Gasteiger partial charge is 0.293 e. The van der Waals surface area contributed by atoms with E-state index in [2.05, 4.69) is 123 Å². The highest BCUT2D eigenvalue weighted by Crippen LogP contribution is 2.54. The van der Waals surface area contributed by atoms with Crippen molar-refractivity contribution in [2.75, 3.05) is 4.90 Å². The van der Waals surface area contributed by atoms with Gasteiger partial charge in [-0.1, -0.05) is 83.5 Å². The molecule has 0 saturated carbocycles. The molecule has 4 aromatic carbocycles. The van der Waals surface area contributed by atoms with Gasteiger partial charge >= 0.3 is 5.71 Å². The Kier molecular flexibility index (Phi) is 4.51. The monoisotopic (exact) mass is 524 g/mol. The number of para-hydroxylation sites is 3. The third kappa shape index (κ3) is 3.09. The molecule has 0 unspecified atom stereocenters. The second kappa shape index (κ2) is 8.36. The lowest BCUT2D eigenvalue weighted by Crippen LogP contribution is -2.19. The number of rotatable bonds is 3. The van der Waals surface area contributed by atoms with Gasteiger partial charge in [-0.25, -0.2) is 9.98 Å². The minimum absolute atomic E-state index is 0.898. The van der Waals surface area contributed by atoms with Crippen molar-refractivity contribution in [2.45, 2.75) is 0 Å². The maximum atomic E-state index is 4.99. The second-order valence-electron chi connectivity index (χ2n) is 10.3. The number of aromatic nitrogens is 2. The predicted octanol–water partition coefficient (Wildman–Crippen LogP) is 7.71. The highest BCUT2D eigenvalue weighted by atomic mass is 15.2. The first kappa shape index (κ1) is 22.1. The summed E-state index contributed by atoms with van der Waals surface area (Å²) in [6, 6.07) is 36.5. The van der Waals surface area contributed by atoms with Gasteiger partial charge in [0.15, 0.2) is 5.71 Å². The lowest BCUT2D eigenvalue weighted by Gasteiger charge is -2.27. The van der Waals surface area contributed by atoms with Crippen LogP contribution in [0.15, 0.2) is 133 Å². The maximum absolute atomic E-state index is 4.99. The number of allylic oxidation sites excluding steroid dienone is 3. The standard InChI is InChI=1S/C36H22N5/c1-2-11-24-23(10-1)19-21-38-36(24)40-30-16-6-3-12-25(30)34-26-13-4-7-17-31(26)41(35(34)27-14-5-8-18-32(27)40)33-22-29(39-33)28-15-9-20-37-28/h1-22H/q+1. The van der Waals surface area contributed by atoms with E-state index in [4.69, 9.17) is 9.98 Å². The topological polar surface area (TPSA) is 47.5 Å². The second-order valence-corrected chi connectivity index (χ2v) is 10.3. The molecule has 0 saturated heterocycles. The van der Waals surface area contributed by atoms with E-state index in [1.165, 1.54) is 10.9 Å². The molecule has 5 heterocycles. The molecule has 0 fully saturated rings. The fourth-order valence-corrected chi connectivity index (χ4v) is 6.34. The molecule has 9 rings (SSSR count). The molecule has 0 N–H and O–H groups in total. The average molecular weight is 525 g/mol. The molecule has 0 aliphatic carbocycles. The molecule has 41 heavy (non-hydrogen) atoms. The van der Waals surface area contributed by atoms with Gasteiger partial charge in [-0.15, -0.1) is 0 Å². The number of hydrogen-bond acceptors (Lipinski definition) is 3. The van der Waals surface area contributed by atoms with Crippen LogP contribution in [0.25, 0.3) is 49.9 Å². The summed E-state index contributed by atoms with van der Waals surface area (Å²) in [6.07, 6.45) is 9.80. The third-order valence-corrected chi connectivity index (χ3v) is 8.10. The molecule has 0 radical (unpaired) electrons. The number of fused-ring (bicyclic) bond motifs is 8. The molecule has 0 spiro atoms. The Balaban J connectivity index is 1.39. The van der Waals surface area contributed by atoms with Gasteiger partial charge in [-0.2, -0.15) is 0 Å². The Morgan fingerprint density at radius 1 is 0.683 bits per heavy atom. The van der Waals surface area contributed by atoms with Gasteiger partial charge in [-0.3, -0.25) is 9.47 Å². The van der Waals surface area contributed by atoms with Crippen LogP contribution in [0.4, 0.5) is 17.2 Å². The number of anilines is 3. The van der Waals surface area contributed by atoms with Crippen LogP contribution in [0.1, 0.15) is 0 Å². The normalized spacial score (nSPS) is 14.6. The van der Waals surface area contributed by atoms with Crippen molar-refractivity contribution in [1.82, 2.24) is 14.2 Å². The largest absolute Gasteiger partial charge is 0.352 e. The van der Waals surface area contributed by atoms with Crippen LogP contribution in [-0.2, 0) is 0 Å². The van der Waals surface area contributed by atoms with Gasteiger partial charge in [0.1, 0.15) is 11.6 Å². The van der Waals surface area contributed by atoms with Gasteiger partial charge in [0, 0.05) is 51.9 Å². The van der Waals surface area contributed by atoms with Crippen LogP contribution in [-0.4, -0.2) is 27.2 Å². The van der Waals surface area contributed by atoms with Crippen molar-refractivity contribution >= 4 is 62.3 Å². The predicted molar refractivity (Wildman–Crippen MR) is 170 cm³/mol. The van der Waals surface area contributed by atoms with Crippen molar-refractivity contribution in [1.29, 1.82) is 0 Å². The minimum atomic E-state index is 0.898. The molecule has 2 aromatic heterocycles. The van der Waals surface area contributed by atoms with Gasteiger partial charge in [0.2, 0.25) is 0 Å². The van der Waals surface area contributed by atoms with Gasteiger partial charge in [-0.05, 0) is 29.7 Å². The van der Waals surface area contributed by atoms with E-state index in [0.717, 1.165) is 67.5 Å². The zero-order valence-electron chi connectivity index (χ0n) is 21.9. The summed E-state index contributed by atoms with van der Waals surface area (Å²) in [4.78, 5) is 12.3. The van der Waals surface area contributed by atoms with Crippen LogP contribution < -0.4 is 9.57 Å². The first-order valence-electron chi connectivity index (χ1n) is 13.7. The summed E-state index contributed by atoms with van der Waals surface area (Å²) in [5.74, 6) is 1.82. The molecule has 0 amide bonds. The van der Waals surface area contributed by atoms with E-state index >= 15 is 0 Å². The molecule has 5 nitrogen and oxygen atoms in total. The first-order valence-corrected chi connectivity index (χ1v) is 13.7. The van der Waals surface area contributed by atoms with E-state index in [1.54, 1.807) is 0 Å². The summed E-state index contributed by atoms with van der Waals surface area (Å²) < 4.78 is 6.77. The molecule has 5 heteroatoms. The summed E-state index contributed by atoms with van der Waals surface area (Å²) in [7, 11) is 0. The third-order valence-electron chi connectivity index (χ3n) is 8.10. The number of nitrogens with zero attached hydrogens (tertiary/aromatic N) is 5. The van der Waals surface area contributed by atoms with E-state index < -0.39 is 0 Å². The number of benzene rings is 4. The molecule has 3 aliphatic rings. The lowest BCUT2D eigenvalue weighted by atomic mass is 9.98. The Morgan fingerprint density at radius 3 is 2.22 bits per heavy atom. The molecular weight excluding hydrogens is 502 g/mol. The number of hydrogen-bond donors (Lipinski definition) is 0. The minimum Gasteiger partial charge on any atom is -0.293 e. The Labute approximate surface area is 236 Å². The van der Waals surface area contributed by atoms with Crippen LogP contribution in [0.2, 0.25) is 0 Å². The molecule has 0 atom stereocenters. The van der Waals surface area contributed by atoms with Gasteiger partial charge < -0.3 is 0 Å². The summed E-state index contributed by atoms with van der Waals surface area (Å²) >= 11 is 0. The number of pyridine rings is 1. The SMILES string of the molecule is C1=CC(C2=NC(n3c4c(c5ccccc53)-c3ccccc3N(c3nccc5ccccc35)c3ccccc3-4)=C2)=[N+]=C1. The molecule has 3 aliphatic heterocycles. The lowest BCUT2D eigenvalue weighted by molar-refractivity contribution is 1.12. The van der Waals surface area contributed by atoms with Gasteiger partial charge in [0.25, 0.3) is 6.21 Å². The first-order chi connectivity index (χ1) is 20.4. The number of aliphatic imine (C=N–C) groups is 1. The van der Waals surface area contributed by atoms with Crippen LogP contribution in [0, 0.1) is 0 Å². The summed E-state index contributed by atoms with van der Waals surface area (Å²) in [6.45, 7) is 0. The van der Waals surface area contributed by atoms with E-state index in [1.807, 2.05) is 24.6 Å². The Bertz CT molecular complexity index is 2250. The summed E-state index contributed by atoms with van der Waals surface area (Å²) in [5.41, 5.74) is 9.71. The highest BCUT2D eigenvalue weighted by molar-refractivity contribution is 6.54. The van der Waals surface area contributed by atoms with E-state index in [-0.39, 0.29) is 0 Å². The van der Waals surface area contributed by atoms with Crippen LogP contribution in [0.5, 0.6) is 0 Å². The maximum Gasteiger partial charge on any atom is 0.352 e. The zero-order valence-corrected chi connectivity index (χ0v) is 21.9. The molecule has 190 valence electrons. The van der Waals surface area contributed by atoms with E-state index in [9.17, 15) is 0 Å². The highest BCUT2D eigenvalue weighted by Gasteiger charge is 2.34. The molecule has 0 bridgehead atoms. The fourth-order valence-electron chi connectivity index (χ4n) is 6.34. The van der Waals surface area contributed by atoms with Crippen molar-refractivity contribution in [2.24, 2.45) is 4.99 Å². The van der Waals surface area contributed by atoms with Crippen LogP contribution >= 0.6 is 0 Å².